The van der Waals surface area contributed by atoms with Crippen molar-refractivity contribution in [2.75, 3.05) is 31.5 Å². The van der Waals surface area contributed by atoms with Gasteiger partial charge >= 0.3 is 0 Å². The van der Waals surface area contributed by atoms with Gasteiger partial charge in [0.05, 0.1) is 10.6 Å². The Kier molecular flexibility index (Phi) is 4.46. The number of benzene rings is 1. The van der Waals surface area contributed by atoms with Crippen LogP contribution in [0.25, 0.3) is 0 Å². The molecule has 1 aromatic carbocycles. The van der Waals surface area contributed by atoms with Gasteiger partial charge in [-0.2, -0.15) is 5.26 Å². The number of hydrogen-bond donors (Lipinski definition) is 1. The SMILES string of the molecule is CCN1CCC(CNc2ccc(C#N)c(Cl)c2)C1. The number of nitrogens with one attached hydrogen (secondary N) is 1. The van der Waals surface area contributed by atoms with Gasteiger partial charge in [0.25, 0.3) is 0 Å². The number of nitrogens with zero attached hydrogens (tertiary/aromatic N) is 2. The molecule has 2 rings (SSSR count). The molecule has 18 heavy (non-hydrogen) atoms. The summed E-state index contributed by atoms with van der Waals surface area (Å²) >= 11 is 6.00. The van der Waals surface area contributed by atoms with Gasteiger partial charge in [-0.25, -0.2) is 0 Å². The van der Waals surface area contributed by atoms with Crippen molar-refractivity contribution in [3.05, 3.63) is 28.8 Å². The van der Waals surface area contributed by atoms with Gasteiger partial charge in [-0.05, 0) is 43.6 Å². The van der Waals surface area contributed by atoms with Gasteiger partial charge in [-0.1, -0.05) is 18.5 Å². The summed E-state index contributed by atoms with van der Waals surface area (Å²) in [6.07, 6.45) is 1.25. The normalized spacial score (nSPS) is 19.7. The number of nitriles is 1. The van der Waals surface area contributed by atoms with Crippen LogP contribution in [-0.2, 0) is 0 Å². The summed E-state index contributed by atoms with van der Waals surface area (Å²) < 4.78 is 0. The molecule has 1 heterocycles. The maximum Gasteiger partial charge on any atom is 0.101 e. The summed E-state index contributed by atoms with van der Waals surface area (Å²) in [6.45, 7) is 6.69. The molecule has 1 fully saturated rings. The molecule has 0 aliphatic carbocycles. The van der Waals surface area contributed by atoms with Crippen LogP contribution >= 0.6 is 11.6 Å². The van der Waals surface area contributed by atoms with Crippen LogP contribution in [0.5, 0.6) is 0 Å². The Bertz CT molecular complexity index is 453. The van der Waals surface area contributed by atoms with E-state index in [1.54, 1.807) is 6.07 Å². The Labute approximate surface area is 113 Å². The van der Waals surface area contributed by atoms with Gasteiger partial charge in [-0.15, -0.1) is 0 Å². The van der Waals surface area contributed by atoms with Gasteiger partial charge in [0.15, 0.2) is 0 Å². The molecule has 96 valence electrons. The average Bonchev–Trinajstić information content (AvgIpc) is 2.84. The Morgan fingerprint density at radius 1 is 1.56 bits per heavy atom. The number of rotatable bonds is 4. The standard InChI is InChI=1S/C14H18ClN3/c1-2-18-6-5-11(10-18)9-17-13-4-3-12(8-16)14(15)7-13/h3-4,7,11,17H,2,5-6,9-10H2,1H3. The molecular formula is C14H18ClN3. The third-order valence-electron chi connectivity index (χ3n) is 3.50. The molecular weight excluding hydrogens is 246 g/mol. The molecule has 0 spiro atoms. The zero-order valence-electron chi connectivity index (χ0n) is 10.6. The number of anilines is 1. The highest BCUT2D eigenvalue weighted by atomic mass is 35.5. The fourth-order valence-electron chi connectivity index (χ4n) is 2.34. The van der Waals surface area contributed by atoms with E-state index in [1.165, 1.54) is 19.5 Å². The van der Waals surface area contributed by atoms with Crippen molar-refractivity contribution in [2.24, 2.45) is 5.92 Å². The zero-order valence-corrected chi connectivity index (χ0v) is 11.4. The minimum Gasteiger partial charge on any atom is -0.385 e. The summed E-state index contributed by atoms with van der Waals surface area (Å²) in [7, 11) is 0. The molecule has 1 aromatic rings. The largest absolute Gasteiger partial charge is 0.385 e. The Balaban J connectivity index is 1.87. The first kappa shape index (κ1) is 13.2. The van der Waals surface area contributed by atoms with Crippen molar-refractivity contribution >= 4 is 17.3 Å². The van der Waals surface area contributed by atoms with Crippen LogP contribution < -0.4 is 5.32 Å². The molecule has 4 heteroatoms. The molecule has 1 aliphatic rings. The molecule has 1 aliphatic heterocycles. The van der Waals surface area contributed by atoms with E-state index < -0.39 is 0 Å². The summed E-state index contributed by atoms with van der Waals surface area (Å²) in [5.41, 5.74) is 1.52. The van der Waals surface area contributed by atoms with E-state index in [-0.39, 0.29) is 0 Å². The molecule has 1 N–H and O–H groups in total. The van der Waals surface area contributed by atoms with Crippen molar-refractivity contribution in [2.45, 2.75) is 13.3 Å². The summed E-state index contributed by atoms with van der Waals surface area (Å²) in [6, 6.07) is 7.57. The topological polar surface area (TPSA) is 39.1 Å². The smallest absolute Gasteiger partial charge is 0.101 e. The maximum atomic E-state index is 8.81. The lowest BCUT2D eigenvalue weighted by Crippen LogP contribution is -2.22. The molecule has 1 unspecified atom stereocenters. The molecule has 1 saturated heterocycles. The predicted molar refractivity (Wildman–Crippen MR) is 74.9 cm³/mol. The highest BCUT2D eigenvalue weighted by Crippen LogP contribution is 2.21. The lowest BCUT2D eigenvalue weighted by atomic mass is 10.1. The second-order valence-corrected chi connectivity index (χ2v) is 5.14. The van der Waals surface area contributed by atoms with Crippen molar-refractivity contribution in [1.29, 1.82) is 5.26 Å². The average molecular weight is 264 g/mol. The molecule has 0 amide bonds. The summed E-state index contributed by atoms with van der Waals surface area (Å²) in [5, 5.41) is 12.7. The Hall–Kier alpha value is -1.24. The fraction of sp³-hybridized carbons (Fsp3) is 0.500. The summed E-state index contributed by atoms with van der Waals surface area (Å²) in [4.78, 5) is 2.47. The Morgan fingerprint density at radius 2 is 2.39 bits per heavy atom. The van der Waals surface area contributed by atoms with E-state index in [1.807, 2.05) is 12.1 Å². The van der Waals surface area contributed by atoms with Crippen LogP contribution in [-0.4, -0.2) is 31.1 Å². The van der Waals surface area contributed by atoms with E-state index in [0.29, 0.717) is 16.5 Å². The molecule has 0 radical (unpaired) electrons. The number of hydrogen-bond acceptors (Lipinski definition) is 3. The third kappa shape index (κ3) is 3.16. The first-order valence-corrected chi connectivity index (χ1v) is 6.76. The van der Waals surface area contributed by atoms with Crippen molar-refractivity contribution < 1.29 is 0 Å². The Morgan fingerprint density at radius 3 is 3.00 bits per heavy atom. The lowest BCUT2D eigenvalue weighted by Gasteiger charge is -2.14. The molecule has 0 aromatic heterocycles. The molecule has 0 bridgehead atoms. The third-order valence-corrected chi connectivity index (χ3v) is 3.81. The molecule has 0 saturated carbocycles. The van der Waals surface area contributed by atoms with Crippen LogP contribution in [0.3, 0.4) is 0 Å². The van der Waals surface area contributed by atoms with E-state index in [0.717, 1.165) is 18.8 Å². The quantitative estimate of drug-likeness (QED) is 0.908. The first-order valence-electron chi connectivity index (χ1n) is 6.38. The van der Waals surface area contributed by atoms with Gasteiger partial charge in [0.2, 0.25) is 0 Å². The monoisotopic (exact) mass is 263 g/mol. The summed E-state index contributed by atoms with van der Waals surface area (Å²) in [5.74, 6) is 0.708. The van der Waals surface area contributed by atoms with Crippen LogP contribution in [0.4, 0.5) is 5.69 Å². The maximum absolute atomic E-state index is 8.81. The number of likely N-dealkylation sites (tertiary alicyclic amines) is 1. The lowest BCUT2D eigenvalue weighted by molar-refractivity contribution is 0.345. The van der Waals surface area contributed by atoms with E-state index >= 15 is 0 Å². The van der Waals surface area contributed by atoms with Crippen molar-refractivity contribution in [3.63, 3.8) is 0 Å². The van der Waals surface area contributed by atoms with Crippen LogP contribution in [0.2, 0.25) is 5.02 Å². The number of halogens is 1. The first-order chi connectivity index (χ1) is 8.72. The molecule has 3 nitrogen and oxygen atoms in total. The van der Waals surface area contributed by atoms with Crippen LogP contribution in [0, 0.1) is 17.2 Å². The van der Waals surface area contributed by atoms with E-state index in [4.69, 9.17) is 16.9 Å². The van der Waals surface area contributed by atoms with Crippen molar-refractivity contribution in [1.82, 2.24) is 4.90 Å². The van der Waals surface area contributed by atoms with Crippen LogP contribution in [0.1, 0.15) is 18.9 Å². The van der Waals surface area contributed by atoms with Crippen LogP contribution in [0.15, 0.2) is 18.2 Å². The van der Waals surface area contributed by atoms with E-state index in [2.05, 4.69) is 23.2 Å². The van der Waals surface area contributed by atoms with Gasteiger partial charge in [0.1, 0.15) is 6.07 Å². The second kappa shape index (κ2) is 6.08. The van der Waals surface area contributed by atoms with Gasteiger partial charge in [0, 0.05) is 18.8 Å². The highest BCUT2D eigenvalue weighted by molar-refractivity contribution is 6.32. The van der Waals surface area contributed by atoms with E-state index in [9.17, 15) is 0 Å². The minimum atomic E-state index is 0.518. The highest BCUT2D eigenvalue weighted by Gasteiger charge is 2.20. The van der Waals surface area contributed by atoms with Gasteiger partial charge in [-0.3, -0.25) is 0 Å². The van der Waals surface area contributed by atoms with Crippen molar-refractivity contribution in [3.8, 4) is 6.07 Å². The second-order valence-electron chi connectivity index (χ2n) is 4.74. The van der Waals surface area contributed by atoms with Gasteiger partial charge < -0.3 is 10.2 Å². The molecule has 1 atom stereocenters. The zero-order chi connectivity index (χ0) is 13.0. The fourth-order valence-corrected chi connectivity index (χ4v) is 2.57. The predicted octanol–water partition coefficient (Wildman–Crippen LogP) is 2.97. The minimum absolute atomic E-state index is 0.518.